The molecule has 2 heterocycles. The third-order valence-corrected chi connectivity index (χ3v) is 3.92. The maximum atomic E-state index is 11.5. The summed E-state index contributed by atoms with van der Waals surface area (Å²) in [5, 5.41) is 0.267. The van der Waals surface area contributed by atoms with E-state index in [1.54, 1.807) is 6.08 Å². The number of hydrogen-bond donors (Lipinski definition) is 1. The van der Waals surface area contributed by atoms with Gasteiger partial charge in [-0.1, -0.05) is 15.9 Å². The van der Waals surface area contributed by atoms with Crippen LogP contribution in [-0.2, 0) is 4.79 Å². The molecule has 1 aromatic carbocycles. The molecule has 1 aromatic rings. The molecular formula is C11H7BrN2O3S. The monoisotopic (exact) mass is 326 g/mol. The topological polar surface area (TPSA) is 73.9 Å². The fraction of sp³-hybridized carbons (Fsp3) is 0.0909. The smallest absolute Gasteiger partial charge is 0.286 e. The lowest BCUT2D eigenvalue weighted by molar-refractivity contribution is -0.113. The Morgan fingerprint density at radius 3 is 2.78 bits per heavy atom. The van der Waals surface area contributed by atoms with Crippen LogP contribution in [-0.4, -0.2) is 17.9 Å². The van der Waals surface area contributed by atoms with Gasteiger partial charge in [0.15, 0.2) is 16.7 Å². The molecule has 2 N–H and O–H groups in total. The van der Waals surface area contributed by atoms with Crippen LogP contribution in [0.1, 0.15) is 5.56 Å². The summed E-state index contributed by atoms with van der Waals surface area (Å²) in [4.78, 5) is 15.6. The molecule has 3 rings (SSSR count). The zero-order valence-corrected chi connectivity index (χ0v) is 11.4. The number of nitrogens with two attached hydrogens (primary N) is 1. The number of hydrogen-bond acceptors (Lipinski definition) is 5. The highest BCUT2D eigenvalue weighted by atomic mass is 79.9. The Balaban J connectivity index is 1.99. The fourth-order valence-electron chi connectivity index (χ4n) is 1.61. The average molecular weight is 327 g/mol. The second-order valence-electron chi connectivity index (χ2n) is 3.59. The molecule has 0 unspecified atom stereocenters. The summed E-state index contributed by atoms with van der Waals surface area (Å²) in [6.07, 6.45) is 1.72. The summed E-state index contributed by atoms with van der Waals surface area (Å²) in [7, 11) is 0. The molecule has 1 amide bonds. The number of ether oxygens (including phenoxy) is 2. The van der Waals surface area contributed by atoms with Crippen molar-refractivity contribution in [2.24, 2.45) is 10.7 Å². The van der Waals surface area contributed by atoms with E-state index in [2.05, 4.69) is 20.9 Å². The van der Waals surface area contributed by atoms with Gasteiger partial charge in [0.2, 0.25) is 6.79 Å². The van der Waals surface area contributed by atoms with E-state index in [4.69, 9.17) is 15.2 Å². The highest BCUT2D eigenvalue weighted by Gasteiger charge is 2.21. The zero-order valence-electron chi connectivity index (χ0n) is 8.97. The number of fused-ring (bicyclic) bond motifs is 1. The van der Waals surface area contributed by atoms with Crippen LogP contribution in [0.3, 0.4) is 0 Å². The van der Waals surface area contributed by atoms with Gasteiger partial charge in [-0.3, -0.25) is 4.79 Å². The molecule has 0 radical (unpaired) electrons. The van der Waals surface area contributed by atoms with Crippen LogP contribution < -0.4 is 15.2 Å². The normalized spacial score (nSPS) is 19.5. The molecule has 0 bridgehead atoms. The van der Waals surface area contributed by atoms with Crippen molar-refractivity contribution in [1.29, 1.82) is 0 Å². The van der Waals surface area contributed by atoms with E-state index >= 15 is 0 Å². The lowest BCUT2D eigenvalue weighted by atomic mass is 10.2. The van der Waals surface area contributed by atoms with Gasteiger partial charge in [0.25, 0.3) is 5.91 Å². The highest BCUT2D eigenvalue weighted by Crippen LogP contribution is 2.38. The molecule has 0 aromatic heterocycles. The van der Waals surface area contributed by atoms with Crippen molar-refractivity contribution in [2.45, 2.75) is 0 Å². The maximum Gasteiger partial charge on any atom is 0.286 e. The molecule has 0 saturated carbocycles. The Labute approximate surface area is 115 Å². The van der Waals surface area contributed by atoms with E-state index in [1.165, 1.54) is 0 Å². The summed E-state index contributed by atoms with van der Waals surface area (Å²) in [6.45, 7) is 0.214. The largest absolute Gasteiger partial charge is 0.454 e. The fourth-order valence-corrected chi connectivity index (χ4v) is 2.72. The van der Waals surface area contributed by atoms with Gasteiger partial charge in [-0.2, -0.15) is 4.99 Å². The van der Waals surface area contributed by atoms with Crippen molar-refractivity contribution < 1.29 is 14.3 Å². The number of rotatable bonds is 1. The Kier molecular flexibility index (Phi) is 2.79. The number of benzene rings is 1. The number of amidine groups is 1. The van der Waals surface area contributed by atoms with Crippen LogP contribution in [0.2, 0.25) is 0 Å². The van der Waals surface area contributed by atoms with Crippen molar-refractivity contribution >= 4 is 44.8 Å². The lowest BCUT2D eigenvalue weighted by Crippen LogP contribution is -2.01. The highest BCUT2D eigenvalue weighted by molar-refractivity contribution is 9.10. The Morgan fingerprint density at radius 2 is 2.11 bits per heavy atom. The van der Waals surface area contributed by atoms with Crippen LogP contribution in [0.25, 0.3) is 6.08 Å². The Bertz CT molecular complexity index is 613. The second kappa shape index (κ2) is 4.33. The van der Waals surface area contributed by atoms with Crippen LogP contribution in [0.5, 0.6) is 11.5 Å². The van der Waals surface area contributed by atoms with E-state index in [0.717, 1.165) is 21.8 Å². The molecule has 5 nitrogen and oxygen atoms in total. The number of carbonyl (C=O) groups excluding carboxylic acids is 1. The van der Waals surface area contributed by atoms with E-state index < -0.39 is 0 Å². The van der Waals surface area contributed by atoms with Crippen LogP contribution >= 0.6 is 27.7 Å². The molecule has 0 fully saturated rings. The quantitative estimate of drug-likeness (QED) is 0.800. The first-order valence-electron chi connectivity index (χ1n) is 5.00. The van der Waals surface area contributed by atoms with Gasteiger partial charge in [-0.15, -0.1) is 0 Å². The van der Waals surface area contributed by atoms with Gasteiger partial charge in [0, 0.05) is 4.47 Å². The Morgan fingerprint density at radius 1 is 1.39 bits per heavy atom. The van der Waals surface area contributed by atoms with Crippen molar-refractivity contribution in [3.8, 4) is 11.5 Å². The average Bonchev–Trinajstić information content (AvgIpc) is 2.86. The van der Waals surface area contributed by atoms with E-state index in [-0.39, 0.29) is 17.9 Å². The number of thioether (sulfide) groups is 1. The second-order valence-corrected chi connectivity index (χ2v) is 5.51. The van der Waals surface area contributed by atoms with Gasteiger partial charge < -0.3 is 15.2 Å². The minimum Gasteiger partial charge on any atom is -0.454 e. The van der Waals surface area contributed by atoms with Gasteiger partial charge >= 0.3 is 0 Å². The number of nitrogens with zero attached hydrogens (tertiary/aromatic N) is 1. The molecule has 0 saturated heterocycles. The minimum absolute atomic E-state index is 0.214. The van der Waals surface area contributed by atoms with Crippen LogP contribution in [0.15, 0.2) is 26.5 Å². The molecule has 2 aliphatic heterocycles. The van der Waals surface area contributed by atoms with Crippen LogP contribution in [0.4, 0.5) is 0 Å². The predicted octanol–water partition coefficient (Wildman–Crippen LogP) is 2.11. The maximum absolute atomic E-state index is 11.5. The Hall–Kier alpha value is -1.47. The number of halogens is 1. The van der Waals surface area contributed by atoms with Gasteiger partial charge in [0.05, 0.1) is 4.91 Å². The standard InChI is InChI=1S/C11H7BrN2O3S/c12-6-3-8-7(16-4-17-8)1-5(6)2-9-10(15)14-11(13)18-9/h1-3H,4H2,(H2,13,14,15)/b9-2+. The molecule has 0 spiro atoms. The minimum atomic E-state index is -0.318. The summed E-state index contributed by atoms with van der Waals surface area (Å²) in [6, 6.07) is 3.62. The molecular weight excluding hydrogens is 320 g/mol. The molecule has 2 aliphatic rings. The zero-order chi connectivity index (χ0) is 12.7. The molecule has 0 atom stereocenters. The van der Waals surface area contributed by atoms with Gasteiger partial charge in [-0.25, -0.2) is 0 Å². The van der Waals surface area contributed by atoms with E-state index in [1.807, 2.05) is 12.1 Å². The number of aliphatic imine (C=N–C) groups is 1. The molecule has 92 valence electrons. The number of carbonyl (C=O) groups is 1. The van der Waals surface area contributed by atoms with E-state index in [9.17, 15) is 4.79 Å². The first kappa shape index (κ1) is 11.6. The SMILES string of the molecule is NC1=NC(=O)/C(=C\c2cc3c(cc2Br)OCO3)S1. The van der Waals surface area contributed by atoms with Gasteiger partial charge in [0.1, 0.15) is 0 Å². The van der Waals surface area contributed by atoms with Gasteiger partial charge in [-0.05, 0) is 35.5 Å². The van der Waals surface area contributed by atoms with Crippen molar-refractivity contribution in [3.05, 3.63) is 27.1 Å². The predicted molar refractivity (Wildman–Crippen MR) is 72.5 cm³/mol. The molecule has 18 heavy (non-hydrogen) atoms. The third-order valence-electron chi connectivity index (χ3n) is 2.42. The summed E-state index contributed by atoms with van der Waals surface area (Å²) < 4.78 is 11.4. The van der Waals surface area contributed by atoms with Crippen molar-refractivity contribution in [3.63, 3.8) is 0 Å². The lowest BCUT2D eigenvalue weighted by Gasteiger charge is -2.02. The van der Waals surface area contributed by atoms with Crippen molar-refractivity contribution in [2.75, 3.05) is 6.79 Å². The summed E-state index contributed by atoms with van der Waals surface area (Å²) in [5.41, 5.74) is 6.31. The molecule has 7 heteroatoms. The van der Waals surface area contributed by atoms with Crippen LogP contribution in [0, 0.1) is 0 Å². The molecule has 0 aliphatic carbocycles. The summed E-state index contributed by atoms with van der Waals surface area (Å²) in [5.74, 6) is 1.03. The number of amides is 1. The third kappa shape index (κ3) is 1.99. The van der Waals surface area contributed by atoms with Crippen molar-refractivity contribution in [1.82, 2.24) is 0 Å². The first-order valence-corrected chi connectivity index (χ1v) is 6.61. The van der Waals surface area contributed by atoms with E-state index in [0.29, 0.717) is 16.4 Å². The summed E-state index contributed by atoms with van der Waals surface area (Å²) >= 11 is 4.58. The first-order chi connectivity index (χ1) is 8.63.